The van der Waals surface area contributed by atoms with Gasteiger partial charge in [-0.05, 0) is 48.6 Å². The molecular weight excluding hydrogens is 227 g/mol. The van der Waals surface area contributed by atoms with Crippen LogP contribution in [0.4, 0.5) is 4.39 Å². The SMILES string of the molecule is OC1C=C(c2cc(F)ccc2Cl)CCCC1. The van der Waals surface area contributed by atoms with Crippen molar-refractivity contribution in [3.05, 3.63) is 40.7 Å². The van der Waals surface area contributed by atoms with Gasteiger partial charge in [-0.2, -0.15) is 0 Å². The molecule has 0 heterocycles. The van der Waals surface area contributed by atoms with E-state index in [-0.39, 0.29) is 5.82 Å². The van der Waals surface area contributed by atoms with Gasteiger partial charge in [0.25, 0.3) is 0 Å². The van der Waals surface area contributed by atoms with E-state index in [1.807, 2.05) is 0 Å². The zero-order chi connectivity index (χ0) is 11.5. The molecule has 16 heavy (non-hydrogen) atoms. The van der Waals surface area contributed by atoms with Gasteiger partial charge in [0.05, 0.1) is 6.10 Å². The second-order valence-corrected chi connectivity index (χ2v) is 4.54. The van der Waals surface area contributed by atoms with Gasteiger partial charge in [0, 0.05) is 5.02 Å². The fraction of sp³-hybridized carbons (Fsp3) is 0.385. The van der Waals surface area contributed by atoms with E-state index in [1.165, 1.54) is 12.1 Å². The van der Waals surface area contributed by atoms with Gasteiger partial charge in [0.2, 0.25) is 0 Å². The summed E-state index contributed by atoms with van der Waals surface area (Å²) in [6, 6.07) is 4.34. The fourth-order valence-corrected chi connectivity index (χ4v) is 2.27. The molecule has 0 bridgehead atoms. The van der Waals surface area contributed by atoms with Gasteiger partial charge < -0.3 is 5.11 Å². The summed E-state index contributed by atoms with van der Waals surface area (Å²) in [6.45, 7) is 0. The van der Waals surface area contributed by atoms with Crippen LogP contribution < -0.4 is 0 Å². The van der Waals surface area contributed by atoms with Crippen LogP contribution in [0.25, 0.3) is 5.57 Å². The lowest BCUT2D eigenvalue weighted by Crippen LogP contribution is -2.00. The number of halogens is 2. The summed E-state index contributed by atoms with van der Waals surface area (Å²) in [4.78, 5) is 0. The lowest BCUT2D eigenvalue weighted by Gasteiger charge is -2.09. The highest BCUT2D eigenvalue weighted by atomic mass is 35.5. The number of allylic oxidation sites excluding steroid dienone is 1. The highest BCUT2D eigenvalue weighted by Crippen LogP contribution is 2.31. The Hall–Kier alpha value is -0.860. The molecule has 1 N–H and O–H groups in total. The highest BCUT2D eigenvalue weighted by Gasteiger charge is 2.13. The molecule has 2 rings (SSSR count). The Morgan fingerprint density at radius 1 is 1.31 bits per heavy atom. The van der Waals surface area contributed by atoms with Crippen molar-refractivity contribution in [2.45, 2.75) is 31.8 Å². The maximum absolute atomic E-state index is 13.2. The minimum atomic E-state index is -0.433. The van der Waals surface area contributed by atoms with E-state index >= 15 is 0 Å². The van der Waals surface area contributed by atoms with Gasteiger partial charge in [0.15, 0.2) is 0 Å². The van der Waals surface area contributed by atoms with Crippen LogP contribution >= 0.6 is 11.6 Å². The summed E-state index contributed by atoms with van der Waals surface area (Å²) in [5, 5.41) is 10.2. The van der Waals surface area contributed by atoms with Gasteiger partial charge >= 0.3 is 0 Å². The number of aliphatic hydroxyl groups excluding tert-OH is 1. The first-order valence-corrected chi connectivity index (χ1v) is 5.89. The summed E-state index contributed by atoms with van der Waals surface area (Å²) in [5.41, 5.74) is 1.66. The Morgan fingerprint density at radius 3 is 2.94 bits per heavy atom. The van der Waals surface area contributed by atoms with Crippen LogP contribution in [0.2, 0.25) is 5.02 Å². The Labute approximate surface area is 99.6 Å². The lowest BCUT2D eigenvalue weighted by atomic mass is 10.0. The standard InChI is InChI=1S/C13H14ClFO/c14-13-6-5-10(15)8-12(13)9-3-1-2-4-11(16)7-9/h5-8,11,16H,1-4H2. The Bertz CT molecular complexity index is 414. The van der Waals surface area contributed by atoms with Gasteiger partial charge in [-0.3, -0.25) is 0 Å². The Morgan fingerprint density at radius 2 is 2.12 bits per heavy atom. The number of hydrogen-bond donors (Lipinski definition) is 1. The molecule has 0 aromatic heterocycles. The molecule has 1 aliphatic rings. The smallest absolute Gasteiger partial charge is 0.123 e. The predicted molar refractivity (Wildman–Crippen MR) is 63.9 cm³/mol. The third kappa shape index (κ3) is 2.63. The second-order valence-electron chi connectivity index (χ2n) is 4.13. The molecule has 3 heteroatoms. The minimum Gasteiger partial charge on any atom is -0.389 e. The summed E-state index contributed by atoms with van der Waals surface area (Å²) in [6.07, 6.45) is 4.99. The number of benzene rings is 1. The predicted octanol–water partition coefficient (Wildman–Crippen LogP) is 3.80. The van der Waals surface area contributed by atoms with Gasteiger partial charge in [0.1, 0.15) is 5.82 Å². The van der Waals surface area contributed by atoms with Crippen LogP contribution in [0, 0.1) is 5.82 Å². The molecule has 1 aromatic carbocycles. The first-order valence-electron chi connectivity index (χ1n) is 5.51. The summed E-state index contributed by atoms with van der Waals surface area (Å²) < 4.78 is 13.2. The topological polar surface area (TPSA) is 20.2 Å². The van der Waals surface area contributed by atoms with Crippen molar-refractivity contribution in [2.24, 2.45) is 0 Å². The average molecular weight is 241 g/mol. The maximum atomic E-state index is 13.2. The van der Waals surface area contributed by atoms with Crippen molar-refractivity contribution < 1.29 is 9.50 Å². The molecule has 1 aliphatic carbocycles. The largest absolute Gasteiger partial charge is 0.389 e. The molecule has 86 valence electrons. The van der Waals surface area contributed by atoms with Crippen LogP contribution in [-0.2, 0) is 0 Å². The summed E-state index contributed by atoms with van der Waals surface area (Å²) in [5.74, 6) is -0.293. The minimum absolute atomic E-state index is 0.293. The van der Waals surface area contributed by atoms with Crippen LogP contribution in [0.5, 0.6) is 0 Å². The van der Waals surface area contributed by atoms with Crippen molar-refractivity contribution >= 4 is 17.2 Å². The Balaban J connectivity index is 2.38. The van der Waals surface area contributed by atoms with E-state index in [2.05, 4.69) is 0 Å². The molecule has 0 spiro atoms. The van der Waals surface area contributed by atoms with Crippen molar-refractivity contribution in [3.63, 3.8) is 0 Å². The summed E-state index contributed by atoms with van der Waals surface area (Å²) in [7, 11) is 0. The van der Waals surface area contributed by atoms with Gasteiger partial charge in [-0.1, -0.05) is 24.1 Å². The number of rotatable bonds is 1. The molecule has 0 aliphatic heterocycles. The molecule has 0 saturated carbocycles. The van der Waals surface area contributed by atoms with Crippen molar-refractivity contribution in [3.8, 4) is 0 Å². The van der Waals surface area contributed by atoms with Crippen molar-refractivity contribution in [1.82, 2.24) is 0 Å². The van der Waals surface area contributed by atoms with Gasteiger partial charge in [-0.25, -0.2) is 4.39 Å². The first-order chi connectivity index (χ1) is 7.66. The molecule has 0 fully saturated rings. The molecule has 1 aromatic rings. The quantitative estimate of drug-likeness (QED) is 0.792. The van der Waals surface area contributed by atoms with E-state index in [1.54, 1.807) is 12.1 Å². The Kier molecular flexibility index (Phi) is 3.62. The maximum Gasteiger partial charge on any atom is 0.123 e. The van der Waals surface area contributed by atoms with Crippen LogP contribution in [0.15, 0.2) is 24.3 Å². The lowest BCUT2D eigenvalue weighted by molar-refractivity contribution is 0.211. The van der Waals surface area contributed by atoms with E-state index in [9.17, 15) is 9.50 Å². The average Bonchev–Trinajstić information content (AvgIpc) is 2.46. The zero-order valence-corrected chi connectivity index (χ0v) is 9.67. The normalized spacial score (nSPS) is 21.4. The molecule has 0 saturated heterocycles. The number of aliphatic hydroxyl groups is 1. The van der Waals surface area contributed by atoms with Gasteiger partial charge in [-0.15, -0.1) is 0 Å². The highest BCUT2D eigenvalue weighted by molar-refractivity contribution is 6.32. The molecule has 1 unspecified atom stereocenters. The molecule has 0 radical (unpaired) electrons. The molecule has 0 amide bonds. The van der Waals surface area contributed by atoms with Crippen LogP contribution in [0.3, 0.4) is 0 Å². The van der Waals surface area contributed by atoms with E-state index in [0.29, 0.717) is 10.6 Å². The van der Waals surface area contributed by atoms with E-state index < -0.39 is 6.10 Å². The van der Waals surface area contributed by atoms with E-state index in [0.717, 1.165) is 31.3 Å². The fourth-order valence-electron chi connectivity index (χ4n) is 2.04. The summed E-state index contributed by atoms with van der Waals surface area (Å²) >= 11 is 6.04. The molecule has 1 nitrogen and oxygen atoms in total. The first kappa shape index (κ1) is 11.6. The van der Waals surface area contributed by atoms with Crippen LogP contribution in [0.1, 0.15) is 31.2 Å². The third-order valence-electron chi connectivity index (χ3n) is 2.86. The molecular formula is C13H14ClFO. The zero-order valence-electron chi connectivity index (χ0n) is 8.92. The van der Waals surface area contributed by atoms with Crippen LogP contribution in [-0.4, -0.2) is 11.2 Å². The van der Waals surface area contributed by atoms with E-state index in [4.69, 9.17) is 11.6 Å². The second kappa shape index (κ2) is 4.98. The van der Waals surface area contributed by atoms with Crippen molar-refractivity contribution in [1.29, 1.82) is 0 Å². The monoisotopic (exact) mass is 240 g/mol. The third-order valence-corrected chi connectivity index (χ3v) is 3.19. The molecule has 1 atom stereocenters. The van der Waals surface area contributed by atoms with Crippen molar-refractivity contribution in [2.75, 3.05) is 0 Å². The number of hydrogen-bond acceptors (Lipinski definition) is 1.